The fourth-order valence-corrected chi connectivity index (χ4v) is 7.48. The third kappa shape index (κ3) is 5.72. The van der Waals surface area contributed by atoms with E-state index in [0.717, 1.165) is 72.5 Å². The number of aromatic nitrogens is 2. The molecule has 2 aromatic heterocycles. The van der Waals surface area contributed by atoms with Crippen LogP contribution in [0, 0.1) is 32.9 Å². The average molecular weight is 844 g/mol. The number of hydrogen-bond donors (Lipinski definition) is 0. The molecular formula is C44H33BN2O3Pt. The van der Waals surface area contributed by atoms with Crippen molar-refractivity contribution in [1.29, 1.82) is 0 Å². The molecule has 0 atom stereocenters. The molecule has 9 rings (SSSR count). The predicted octanol–water partition coefficient (Wildman–Crippen LogP) is 9.13. The van der Waals surface area contributed by atoms with E-state index in [-0.39, 0.29) is 27.8 Å². The largest absolute Gasteiger partial charge is 2.00 e. The topological polar surface area (TPSA) is 53.5 Å². The molecule has 0 aliphatic carbocycles. The molecule has 0 spiro atoms. The third-order valence-corrected chi connectivity index (χ3v) is 9.79. The Morgan fingerprint density at radius 2 is 1.43 bits per heavy atom. The first-order chi connectivity index (χ1) is 24.3. The van der Waals surface area contributed by atoms with Crippen molar-refractivity contribution >= 4 is 33.9 Å². The number of benzene rings is 5. The Hall–Kier alpha value is -5.19. The van der Waals surface area contributed by atoms with Gasteiger partial charge in [-0.05, 0) is 89.9 Å². The molecule has 2 aliphatic heterocycles. The maximum Gasteiger partial charge on any atom is 2.00 e. The van der Waals surface area contributed by atoms with Gasteiger partial charge in [0.25, 0.3) is 0 Å². The normalized spacial score (nSPS) is 12.3. The van der Waals surface area contributed by atoms with Crippen LogP contribution in [0.5, 0.6) is 34.6 Å². The Morgan fingerprint density at radius 3 is 2.14 bits per heavy atom. The van der Waals surface area contributed by atoms with Gasteiger partial charge in [0.1, 0.15) is 11.5 Å². The molecule has 7 heteroatoms. The van der Waals surface area contributed by atoms with E-state index in [9.17, 15) is 0 Å². The average Bonchev–Trinajstić information content (AvgIpc) is 3.11. The van der Waals surface area contributed by atoms with Crippen LogP contribution in [0.2, 0.25) is 0 Å². The van der Waals surface area contributed by atoms with Crippen LogP contribution in [0.3, 0.4) is 0 Å². The molecule has 5 nitrogen and oxygen atoms in total. The number of nitrogens with zero attached hydrogens (tertiary/aromatic N) is 2. The van der Waals surface area contributed by atoms with Crippen molar-refractivity contribution in [3.8, 4) is 57.0 Å². The zero-order chi connectivity index (χ0) is 34.1. The van der Waals surface area contributed by atoms with Crippen molar-refractivity contribution in [3.63, 3.8) is 0 Å². The van der Waals surface area contributed by atoms with Gasteiger partial charge in [0.2, 0.25) is 12.6 Å². The second kappa shape index (κ2) is 12.9. The minimum absolute atomic E-state index is 0. The Balaban J connectivity index is 0.00000374. The van der Waals surface area contributed by atoms with E-state index in [1.165, 1.54) is 22.3 Å². The summed E-state index contributed by atoms with van der Waals surface area (Å²) >= 11 is 0. The molecule has 0 amide bonds. The summed E-state index contributed by atoms with van der Waals surface area (Å²) in [5, 5.41) is 2.00. The Bertz CT molecular complexity index is 2450. The van der Waals surface area contributed by atoms with E-state index in [2.05, 4.69) is 94.2 Å². The zero-order valence-electron chi connectivity index (χ0n) is 28.9. The summed E-state index contributed by atoms with van der Waals surface area (Å²) in [6.07, 6.45) is 3.73. The summed E-state index contributed by atoms with van der Waals surface area (Å²) in [6.45, 7) is 10.6. The van der Waals surface area contributed by atoms with E-state index >= 15 is 0 Å². The fraction of sp³-hybridized carbons (Fsp3) is 0.136. The van der Waals surface area contributed by atoms with Crippen LogP contribution < -0.4 is 30.6 Å². The van der Waals surface area contributed by atoms with E-state index < -0.39 is 0 Å². The van der Waals surface area contributed by atoms with E-state index in [1.54, 1.807) is 6.20 Å². The van der Waals surface area contributed by atoms with Crippen LogP contribution in [0.25, 0.3) is 33.2 Å². The predicted molar refractivity (Wildman–Crippen MR) is 201 cm³/mol. The van der Waals surface area contributed by atoms with Gasteiger partial charge in [-0.1, -0.05) is 61.9 Å². The van der Waals surface area contributed by atoms with E-state index in [0.29, 0.717) is 17.5 Å². The van der Waals surface area contributed by atoms with Gasteiger partial charge < -0.3 is 19.2 Å². The van der Waals surface area contributed by atoms with Crippen LogP contribution in [0.1, 0.15) is 42.0 Å². The van der Waals surface area contributed by atoms with Crippen LogP contribution in [-0.4, -0.2) is 16.7 Å². The Labute approximate surface area is 313 Å². The number of ether oxygens (including phenoxy) is 3. The standard InChI is InChI=1S/C44H33BN2O3.Pt/c1-25(2)32-21-40-43-41(22-32)50-39-15-12-33(48-44-34-9-7-6-8-29(34)16-17-46-44)23-36(39)45(43)35-20-30(11-14-38(35)49-40)37-13-10-31(24-47-37)42-27(4)18-26(3)19-28(42)5;/h6-19,21-22,24-25H,1-5H3;/q-2;+2. The van der Waals surface area contributed by atoms with Crippen LogP contribution >= 0.6 is 0 Å². The van der Waals surface area contributed by atoms with Crippen molar-refractivity contribution in [1.82, 2.24) is 9.97 Å². The van der Waals surface area contributed by atoms with E-state index in [4.69, 9.17) is 19.2 Å². The molecule has 0 N–H and O–H groups in total. The minimum Gasteiger partial charge on any atom is -0.518 e. The van der Waals surface area contributed by atoms with Crippen LogP contribution in [-0.2, 0) is 21.1 Å². The zero-order valence-corrected chi connectivity index (χ0v) is 31.2. The molecule has 2 aliphatic rings. The first-order valence-electron chi connectivity index (χ1n) is 17.0. The van der Waals surface area contributed by atoms with Gasteiger partial charge in [-0.3, -0.25) is 0 Å². The number of hydrogen-bond acceptors (Lipinski definition) is 5. The summed E-state index contributed by atoms with van der Waals surface area (Å²) in [7, 11) is 0. The van der Waals surface area contributed by atoms with Crippen molar-refractivity contribution in [2.24, 2.45) is 0 Å². The molecule has 250 valence electrons. The van der Waals surface area contributed by atoms with Crippen molar-refractivity contribution < 1.29 is 35.3 Å². The molecule has 5 aromatic carbocycles. The summed E-state index contributed by atoms with van der Waals surface area (Å²) in [6, 6.07) is 38.2. The summed E-state index contributed by atoms with van der Waals surface area (Å²) in [5.74, 6) is 4.45. The molecule has 51 heavy (non-hydrogen) atoms. The number of rotatable bonds is 5. The maximum atomic E-state index is 6.62. The monoisotopic (exact) mass is 843 g/mol. The van der Waals surface area contributed by atoms with Crippen molar-refractivity contribution in [3.05, 3.63) is 138 Å². The summed E-state index contributed by atoms with van der Waals surface area (Å²) in [4.78, 5) is 9.49. The molecule has 0 radical (unpaired) electrons. The molecule has 0 saturated heterocycles. The van der Waals surface area contributed by atoms with Crippen LogP contribution in [0.4, 0.5) is 0 Å². The van der Waals surface area contributed by atoms with Gasteiger partial charge in [0, 0.05) is 40.5 Å². The second-order valence-electron chi connectivity index (χ2n) is 13.6. The van der Waals surface area contributed by atoms with Crippen molar-refractivity contribution in [2.75, 3.05) is 0 Å². The molecular weight excluding hydrogens is 810 g/mol. The number of fused-ring (bicyclic) bond motifs is 5. The van der Waals surface area contributed by atoms with Crippen LogP contribution in [0.15, 0.2) is 103 Å². The third-order valence-electron chi connectivity index (χ3n) is 9.79. The molecule has 0 saturated carbocycles. The number of aryl methyl sites for hydroxylation is 3. The summed E-state index contributed by atoms with van der Waals surface area (Å²) in [5.41, 5.74) is 11.7. The first kappa shape index (κ1) is 33.0. The smallest absolute Gasteiger partial charge is 0.518 e. The van der Waals surface area contributed by atoms with Gasteiger partial charge in [-0.25, -0.2) is 4.98 Å². The quantitative estimate of drug-likeness (QED) is 0.128. The van der Waals surface area contributed by atoms with Gasteiger partial charge in [-0.15, -0.1) is 52.9 Å². The van der Waals surface area contributed by atoms with Gasteiger partial charge in [-0.2, -0.15) is 0 Å². The molecule has 4 heterocycles. The molecule has 0 bridgehead atoms. The number of pyridine rings is 2. The molecule has 0 unspecified atom stereocenters. The SMILES string of the molecule is Cc1cc(C)c(-c2ccc(-c3[c-]c4c(cc3)Oc3cc(C(C)C)cc5c3B4c3[c-]c(Oc4nccc6ccccc46)ccc3O5)nc2)c(C)c1.[Pt+2]. The summed E-state index contributed by atoms with van der Waals surface area (Å²) < 4.78 is 19.6. The second-order valence-corrected chi connectivity index (χ2v) is 13.6. The first-order valence-corrected chi connectivity index (χ1v) is 17.0. The molecule has 0 fully saturated rings. The Morgan fingerprint density at radius 1 is 0.725 bits per heavy atom. The van der Waals surface area contributed by atoms with Gasteiger partial charge in [0.05, 0.1) is 0 Å². The van der Waals surface area contributed by atoms with Gasteiger partial charge in [0.15, 0.2) is 0 Å². The van der Waals surface area contributed by atoms with Crippen molar-refractivity contribution in [2.45, 2.75) is 40.5 Å². The molecule has 7 aromatic rings. The minimum atomic E-state index is -0.241. The van der Waals surface area contributed by atoms with Gasteiger partial charge >= 0.3 is 21.1 Å². The fourth-order valence-electron chi connectivity index (χ4n) is 7.48. The van der Waals surface area contributed by atoms with E-state index in [1.807, 2.05) is 54.7 Å². The Kier molecular flexibility index (Phi) is 8.31. The maximum absolute atomic E-state index is 6.62.